The molecule has 6 nitrogen and oxygen atoms in total. The highest BCUT2D eigenvalue weighted by Crippen LogP contribution is 2.18. The molecule has 0 saturated carbocycles. The molecule has 0 radical (unpaired) electrons. The van der Waals surface area contributed by atoms with E-state index in [0.29, 0.717) is 5.69 Å². The van der Waals surface area contributed by atoms with Gasteiger partial charge in [-0.05, 0) is 17.7 Å². The van der Waals surface area contributed by atoms with E-state index in [0.717, 1.165) is 5.56 Å². The van der Waals surface area contributed by atoms with E-state index in [4.69, 9.17) is 0 Å². The minimum Gasteiger partial charge on any atom is -0.387 e. The van der Waals surface area contributed by atoms with Gasteiger partial charge in [-0.15, -0.1) is 0 Å². The highest BCUT2D eigenvalue weighted by atomic mass is 32.2. The summed E-state index contributed by atoms with van der Waals surface area (Å²) in [6.07, 6.45) is 6.10. The van der Waals surface area contributed by atoms with Crippen molar-refractivity contribution in [1.29, 1.82) is 0 Å². The summed E-state index contributed by atoms with van der Waals surface area (Å²) in [5, 5.41) is 2.83. The Hall–Kier alpha value is -1.99. The number of hydrogen-bond acceptors (Lipinski definition) is 5. The predicted octanol–water partition coefficient (Wildman–Crippen LogP) is 0.997. The van der Waals surface area contributed by atoms with Crippen molar-refractivity contribution in [3.8, 4) is 0 Å². The van der Waals surface area contributed by atoms with E-state index < -0.39 is 10.0 Å². The van der Waals surface area contributed by atoms with Crippen LogP contribution in [0.2, 0.25) is 0 Å². The van der Waals surface area contributed by atoms with Crippen molar-refractivity contribution in [2.24, 2.45) is 0 Å². The summed E-state index contributed by atoms with van der Waals surface area (Å²) in [4.78, 5) is 7.90. The molecule has 0 aliphatic rings. The molecule has 0 saturated heterocycles. The van der Waals surface area contributed by atoms with Crippen LogP contribution in [0.15, 0.2) is 47.9 Å². The van der Waals surface area contributed by atoms with Crippen molar-refractivity contribution in [2.75, 3.05) is 12.4 Å². The van der Waals surface area contributed by atoms with Gasteiger partial charge in [-0.1, -0.05) is 6.07 Å². The molecule has 0 unspecified atom stereocenters. The van der Waals surface area contributed by atoms with E-state index in [2.05, 4.69) is 20.0 Å². The second-order valence-electron chi connectivity index (χ2n) is 3.81. The van der Waals surface area contributed by atoms with Crippen LogP contribution in [-0.4, -0.2) is 25.4 Å². The third kappa shape index (κ3) is 3.27. The van der Waals surface area contributed by atoms with Crippen LogP contribution >= 0.6 is 0 Å². The molecule has 0 bridgehead atoms. The van der Waals surface area contributed by atoms with Gasteiger partial charge in [0.05, 0.1) is 5.69 Å². The van der Waals surface area contributed by atoms with Crippen molar-refractivity contribution in [2.45, 2.75) is 11.4 Å². The van der Waals surface area contributed by atoms with Gasteiger partial charge in [-0.25, -0.2) is 13.1 Å². The Bertz CT molecular complexity index is 644. The van der Waals surface area contributed by atoms with Crippen molar-refractivity contribution >= 4 is 15.7 Å². The van der Waals surface area contributed by atoms with Gasteiger partial charge < -0.3 is 5.32 Å². The lowest BCUT2D eigenvalue weighted by Gasteiger charge is -2.10. The molecular weight excluding hydrogens is 264 g/mol. The van der Waals surface area contributed by atoms with E-state index in [1.54, 1.807) is 37.6 Å². The predicted molar refractivity (Wildman–Crippen MR) is 72.0 cm³/mol. The first-order valence-corrected chi connectivity index (χ1v) is 7.12. The first-order chi connectivity index (χ1) is 9.13. The molecule has 0 fully saturated rings. The molecular formula is C12H14N4O2S. The zero-order chi connectivity index (χ0) is 13.7. The van der Waals surface area contributed by atoms with Crippen molar-refractivity contribution in [1.82, 2.24) is 14.7 Å². The quantitative estimate of drug-likeness (QED) is 0.852. The van der Waals surface area contributed by atoms with Crippen LogP contribution in [0.25, 0.3) is 0 Å². The van der Waals surface area contributed by atoms with Gasteiger partial charge in [0, 0.05) is 38.4 Å². The number of aromatic nitrogens is 2. The Morgan fingerprint density at radius 2 is 1.95 bits per heavy atom. The lowest BCUT2D eigenvalue weighted by molar-refractivity contribution is 0.581. The SMILES string of the molecule is CNc1ccncc1S(=O)(=O)NCc1cccnc1. The summed E-state index contributed by atoms with van der Waals surface area (Å²) < 4.78 is 26.9. The van der Waals surface area contributed by atoms with Crippen LogP contribution in [0.5, 0.6) is 0 Å². The Labute approximate surface area is 112 Å². The minimum absolute atomic E-state index is 0.126. The Kier molecular flexibility index (Phi) is 4.08. The summed E-state index contributed by atoms with van der Waals surface area (Å²) in [5.74, 6) is 0. The summed E-state index contributed by atoms with van der Waals surface area (Å²) in [6, 6.07) is 5.17. The number of nitrogens with zero attached hydrogens (tertiary/aromatic N) is 2. The number of sulfonamides is 1. The number of nitrogens with one attached hydrogen (secondary N) is 2. The molecule has 19 heavy (non-hydrogen) atoms. The number of rotatable bonds is 5. The maximum Gasteiger partial charge on any atom is 0.244 e. The molecule has 0 aliphatic heterocycles. The van der Waals surface area contributed by atoms with Crippen LogP contribution in [0, 0.1) is 0 Å². The second kappa shape index (κ2) is 5.77. The second-order valence-corrected chi connectivity index (χ2v) is 5.54. The lowest BCUT2D eigenvalue weighted by Crippen LogP contribution is -2.24. The van der Waals surface area contributed by atoms with Gasteiger partial charge in [0.15, 0.2) is 0 Å². The van der Waals surface area contributed by atoms with E-state index >= 15 is 0 Å². The highest BCUT2D eigenvalue weighted by molar-refractivity contribution is 7.89. The molecule has 2 heterocycles. The Morgan fingerprint density at radius 3 is 2.63 bits per heavy atom. The minimum atomic E-state index is -3.60. The molecule has 2 N–H and O–H groups in total. The zero-order valence-electron chi connectivity index (χ0n) is 10.4. The number of pyridine rings is 2. The first-order valence-electron chi connectivity index (χ1n) is 5.64. The fourth-order valence-electron chi connectivity index (χ4n) is 1.56. The van der Waals surface area contributed by atoms with Crippen LogP contribution in [0.1, 0.15) is 5.56 Å². The van der Waals surface area contributed by atoms with Gasteiger partial charge in [0.2, 0.25) is 10.0 Å². The molecule has 0 amide bonds. The van der Waals surface area contributed by atoms with Crippen molar-refractivity contribution in [3.05, 3.63) is 48.5 Å². The third-order valence-corrected chi connectivity index (χ3v) is 3.96. The van der Waals surface area contributed by atoms with Gasteiger partial charge >= 0.3 is 0 Å². The van der Waals surface area contributed by atoms with E-state index in [1.807, 2.05) is 0 Å². The summed E-state index contributed by atoms with van der Waals surface area (Å²) in [5.41, 5.74) is 1.30. The van der Waals surface area contributed by atoms with Gasteiger partial charge in [-0.3, -0.25) is 9.97 Å². The topological polar surface area (TPSA) is 84.0 Å². The molecule has 100 valence electrons. The van der Waals surface area contributed by atoms with Crippen LogP contribution in [0.4, 0.5) is 5.69 Å². The average Bonchev–Trinajstić information content (AvgIpc) is 2.46. The van der Waals surface area contributed by atoms with E-state index in [-0.39, 0.29) is 11.4 Å². The molecule has 7 heteroatoms. The standard InChI is InChI=1S/C12H14N4O2S/c1-13-11-4-6-15-9-12(11)19(17,18)16-8-10-3-2-5-14-7-10/h2-7,9,16H,8H2,1H3,(H,13,15). The normalized spacial score (nSPS) is 11.2. The molecule has 0 atom stereocenters. The summed E-state index contributed by atoms with van der Waals surface area (Å²) in [7, 11) is -1.94. The molecule has 2 aromatic rings. The first kappa shape index (κ1) is 13.4. The van der Waals surface area contributed by atoms with Gasteiger partial charge in [0.25, 0.3) is 0 Å². The molecule has 0 aliphatic carbocycles. The molecule has 2 aromatic heterocycles. The fourth-order valence-corrected chi connectivity index (χ4v) is 2.73. The largest absolute Gasteiger partial charge is 0.387 e. The third-order valence-electron chi connectivity index (χ3n) is 2.53. The summed E-state index contributed by atoms with van der Waals surface area (Å²) >= 11 is 0. The number of anilines is 1. The van der Waals surface area contributed by atoms with Crippen molar-refractivity contribution < 1.29 is 8.42 Å². The Morgan fingerprint density at radius 1 is 1.16 bits per heavy atom. The van der Waals surface area contributed by atoms with Gasteiger partial charge in [-0.2, -0.15) is 0 Å². The highest BCUT2D eigenvalue weighted by Gasteiger charge is 2.17. The Balaban J connectivity index is 2.19. The van der Waals surface area contributed by atoms with Crippen molar-refractivity contribution in [3.63, 3.8) is 0 Å². The maximum absolute atomic E-state index is 12.2. The maximum atomic E-state index is 12.2. The zero-order valence-corrected chi connectivity index (χ0v) is 11.2. The van der Waals surface area contributed by atoms with Crippen LogP contribution in [0.3, 0.4) is 0 Å². The smallest absolute Gasteiger partial charge is 0.244 e. The average molecular weight is 278 g/mol. The molecule has 2 rings (SSSR count). The molecule has 0 spiro atoms. The van der Waals surface area contributed by atoms with Crippen LogP contribution < -0.4 is 10.0 Å². The lowest BCUT2D eigenvalue weighted by atomic mass is 10.3. The van der Waals surface area contributed by atoms with Gasteiger partial charge in [0.1, 0.15) is 4.90 Å². The number of hydrogen-bond donors (Lipinski definition) is 2. The van der Waals surface area contributed by atoms with E-state index in [1.165, 1.54) is 12.4 Å². The molecule has 0 aromatic carbocycles. The fraction of sp³-hybridized carbons (Fsp3) is 0.167. The van der Waals surface area contributed by atoms with Crippen LogP contribution in [-0.2, 0) is 16.6 Å². The summed E-state index contributed by atoms with van der Waals surface area (Å²) in [6.45, 7) is 0.189. The monoisotopic (exact) mass is 278 g/mol. The van der Waals surface area contributed by atoms with E-state index in [9.17, 15) is 8.42 Å².